The topological polar surface area (TPSA) is 72.2 Å². The van der Waals surface area contributed by atoms with Gasteiger partial charge in [0, 0.05) is 11.1 Å². The molecule has 1 aliphatic carbocycles. The fraction of sp³-hybridized carbons (Fsp3) is 0.250. The highest BCUT2D eigenvalue weighted by atomic mass is 16.2. The molecule has 1 aromatic rings. The highest BCUT2D eigenvalue weighted by molar-refractivity contribution is 5.97. The number of carbonyl (C=O) groups is 2. The van der Waals surface area contributed by atoms with Gasteiger partial charge in [0.2, 0.25) is 5.91 Å². The van der Waals surface area contributed by atoms with Gasteiger partial charge in [-0.1, -0.05) is 36.4 Å². The van der Waals surface area contributed by atoms with Gasteiger partial charge in [0.25, 0.3) is 5.91 Å². The lowest BCUT2D eigenvalue weighted by Crippen LogP contribution is -2.45. The van der Waals surface area contributed by atoms with Crippen LogP contribution < -0.4 is 11.1 Å². The molecule has 104 valence electrons. The molecule has 20 heavy (non-hydrogen) atoms. The van der Waals surface area contributed by atoms with Gasteiger partial charge >= 0.3 is 0 Å². The second-order valence-electron chi connectivity index (χ2n) is 5.25. The number of nitrogens with one attached hydrogen (secondary N) is 1. The highest BCUT2D eigenvalue weighted by Gasteiger charge is 2.26. The molecular weight excluding hydrogens is 252 g/mol. The van der Waals surface area contributed by atoms with Crippen LogP contribution in [0.3, 0.4) is 0 Å². The third kappa shape index (κ3) is 2.96. The van der Waals surface area contributed by atoms with Gasteiger partial charge < -0.3 is 11.1 Å². The molecule has 0 aromatic heterocycles. The number of rotatable bonds is 3. The average molecular weight is 270 g/mol. The largest absolute Gasteiger partial charge is 0.366 e. The maximum atomic E-state index is 12.3. The molecule has 2 amide bonds. The Morgan fingerprint density at radius 1 is 1.30 bits per heavy atom. The van der Waals surface area contributed by atoms with Crippen molar-refractivity contribution < 1.29 is 9.59 Å². The Labute approximate surface area is 118 Å². The molecule has 0 radical (unpaired) electrons. The molecule has 1 aromatic carbocycles. The van der Waals surface area contributed by atoms with Crippen LogP contribution in [0.15, 0.2) is 48.1 Å². The Morgan fingerprint density at radius 2 is 2.00 bits per heavy atom. The van der Waals surface area contributed by atoms with Gasteiger partial charge in [0.05, 0.1) is 5.54 Å². The van der Waals surface area contributed by atoms with E-state index in [0.29, 0.717) is 17.6 Å². The first-order valence-electron chi connectivity index (χ1n) is 6.49. The first-order chi connectivity index (χ1) is 9.41. The van der Waals surface area contributed by atoms with E-state index in [2.05, 4.69) is 5.32 Å². The molecule has 0 bridgehead atoms. The van der Waals surface area contributed by atoms with Crippen LogP contribution in [0.4, 0.5) is 0 Å². The van der Waals surface area contributed by atoms with Crippen molar-refractivity contribution in [2.24, 2.45) is 5.73 Å². The fourth-order valence-corrected chi connectivity index (χ4v) is 2.16. The molecule has 3 N–H and O–H groups in total. The summed E-state index contributed by atoms with van der Waals surface area (Å²) in [5, 5.41) is 2.99. The van der Waals surface area contributed by atoms with Crippen LogP contribution in [-0.4, -0.2) is 17.4 Å². The minimum absolute atomic E-state index is 0.119. The second-order valence-corrected chi connectivity index (χ2v) is 5.25. The summed E-state index contributed by atoms with van der Waals surface area (Å²) >= 11 is 0. The number of amides is 2. The molecule has 1 unspecified atom stereocenters. The summed E-state index contributed by atoms with van der Waals surface area (Å²) in [6.07, 6.45) is 5.76. The number of hydrogen-bond acceptors (Lipinski definition) is 2. The Kier molecular flexibility index (Phi) is 3.74. The number of aryl methyl sites for hydroxylation is 1. The summed E-state index contributed by atoms with van der Waals surface area (Å²) in [7, 11) is 0. The maximum absolute atomic E-state index is 12.3. The van der Waals surface area contributed by atoms with Crippen molar-refractivity contribution in [2.45, 2.75) is 25.8 Å². The average Bonchev–Trinajstić information content (AvgIpc) is 2.39. The summed E-state index contributed by atoms with van der Waals surface area (Å²) in [4.78, 5) is 23.4. The van der Waals surface area contributed by atoms with Crippen LogP contribution in [-0.2, 0) is 4.79 Å². The molecule has 0 spiro atoms. The summed E-state index contributed by atoms with van der Waals surface area (Å²) in [6.45, 7) is 3.81. The van der Waals surface area contributed by atoms with Crippen molar-refractivity contribution in [1.29, 1.82) is 0 Å². The molecular formula is C16H18N2O2. The maximum Gasteiger partial charge on any atom is 0.252 e. The standard InChI is InChI=1S/C16H18N2O2/c1-11-5-3-4-6-13(11)15(20)18-16(2)9-7-12(8-10-16)14(17)19/h3-9H,10H2,1-2H3,(H2,17,19)(H,18,20). The van der Waals surface area contributed by atoms with Gasteiger partial charge in [-0.2, -0.15) is 0 Å². The van der Waals surface area contributed by atoms with E-state index in [1.54, 1.807) is 18.2 Å². The fourth-order valence-electron chi connectivity index (χ4n) is 2.16. The number of nitrogens with two attached hydrogens (primary N) is 1. The van der Waals surface area contributed by atoms with Crippen molar-refractivity contribution in [3.05, 3.63) is 59.2 Å². The van der Waals surface area contributed by atoms with Crippen LogP contribution in [0.1, 0.15) is 29.3 Å². The predicted octanol–water partition coefficient (Wildman–Crippen LogP) is 1.86. The van der Waals surface area contributed by atoms with E-state index in [4.69, 9.17) is 5.73 Å². The number of hydrogen-bond donors (Lipinski definition) is 2. The number of carbonyl (C=O) groups excluding carboxylic acids is 2. The van der Waals surface area contributed by atoms with Crippen molar-refractivity contribution in [1.82, 2.24) is 5.32 Å². The van der Waals surface area contributed by atoms with Crippen molar-refractivity contribution in [2.75, 3.05) is 0 Å². The van der Waals surface area contributed by atoms with Crippen molar-refractivity contribution in [3.8, 4) is 0 Å². The molecule has 4 heteroatoms. The molecule has 0 saturated heterocycles. The number of primary amides is 1. The van der Waals surface area contributed by atoms with Crippen LogP contribution in [0, 0.1) is 6.92 Å². The van der Waals surface area contributed by atoms with Gasteiger partial charge in [-0.25, -0.2) is 0 Å². The minimum Gasteiger partial charge on any atom is -0.366 e. The van der Waals surface area contributed by atoms with E-state index in [1.165, 1.54) is 0 Å². The van der Waals surface area contributed by atoms with E-state index in [9.17, 15) is 9.59 Å². The SMILES string of the molecule is Cc1ccccc1C(=O)NC1(C)C=CC(C(N)=O)=CC1. The second kappa shape index (κ2) is 5.33. The predicted molar refractivity (Wildman–Crippen MR) is 78.1 cm³/mol. The summed E-state index contributed by atoms with van der Waals surface area (Å²) in [6, 6.07) is 7.44. The smallest absolute Gasteiger partial charge is 0.252 e. The van der Waals surface area contributed by atoms with Crippen LogP contribution in [0.2, 0.25) is 0 Å². The monoisotopic (exact) mass is 270 g/mol. The Morgan fingerprint density at radius 3 is 2.55 bits per heavy atom. The third-order valence-electron chi connectivity index (χ3n) is 3.45. The summed E-state index contributed by atoms with van der Waals surface area (Å²) in [5.74, 6) is -0.570. The zero-order chi connectivity index (χ0) is 14.8. The molecule has 2 rings (SSSR count). The van der Waals surface area contributed by atoms with Crippen molar-refractivity contribution >= 4 is 11.8 Å². The quantitative estimate of drug-likeness (QED) is 0.880. The Bertz CT molecular complexity index is 617. The van der Waals surface area contributed by atoms with E-state index < -0.39 is 11.4 Å². The third-order valence-corrected chi connectivity index (χ3v) is 3.45. The highest BCUT2D eigenvalue weighted by Crippen LogP contribution is 2.21. The van der Waals surface area contributed by atoms with Crippen molar-refractivity contribution in [3.63, 3.8) is 0 Å². The van der Waals surface area contributed by atoms with E-state index in [1.807, 2.05) is 38.1 Å². The Balaban J connectivity index is 2.12. The minimum atomic E-state index is -0.502. The molecule has 0 saturated carbocycles. The van der Waals surface area contributed by atoms with Gasteiger partial charge in [0.15, 0.2) is 0 Å². The summed E-state index contributed by atoms with van der Waals surface area (Å²) < 4.78 is 0. The molecule has 4 nitrogen and oxygen atoms in total. The van der Waals surface area contributed by atoms with Crippen LogP contribution >= 0.6 is 0 Å². The zero-order valence-electron chi connectivity index (χ0n) is 11.6. The lowest BCUT2D eigenvalue weighted by molar-refractivity contribution is -0.114. The number of benzene rings is 1. The van der Waals surface area contributed by atoms with Gasteiger partial charge in [-0.05, 0) is 31.9 Å². The molecule has 0 heterocycles. The molecule has 0 aliphatic heterocycles. The molecule has 1 atom stereocenters. The lowest BCUT2D eigenvalue weighted by atomic mass is 9.89. The van der Waals surface area contributed by atoms with Gasteiger partial charge in [-0.15, -0.1) is 0 Å². The van der Waals surface area contributed by atoms with Crippen LogP contribution in [0.5, 0.6) is 0 Å². The molecule has 1 aliphatic rings. The zero-order valence-corrected chi connectivity index (χ0v) is 11.6. The first-order valence-corrected chi connectivity index (χ1v) is 6.49. The van der Waals surface area contributed by atoms with Crippen LogP contribution in [0.25, 0.3) is 0 Å². The van der Waals surface area contributed by atoms with E-state index >= 15 is 0 Å². The Hall–Kier alpha value is -2.36. The van der Waals surface area contributed by atoms with E-state index in [-0.39, 0.29) is 5.91 Å². The van der Waals surface area contributed by atoms with Gasteiger partial charge in [-0.3, -0.25) is 9.59 Å². The summed E-state index contributed by atoms with van der Waals surface area (Å²) in [5.41, 5.74) is 6.79. The normalized spacial score (nSPS) is 21.2. The first kappa shape index (κ1) is 14.1. The van der Waals surface area contributed by atoms with E-state index in [0.717, 1.165) is 5.56 Å². The molecule has 0 fully saturated rings. The van der Waals surface area contributed by atoms with Gasteiger partial charge in [0.1, 0.15) is 0 Å². The lowest BCUT2D eigenvalue weighted by Gasteiger charge is -2.29.